The van der Waals surface area contributed by atoms with Crippen LogP contribution >= 0.6 is 27.5 Å². The summed E-state index contributed by atoms with van der Waals surface area (Å²) in [6.45, 7) is 1.78. The monoisotopic (exact) mass is 356 g/mol. The van der Waals surface area contributed by atoms with Gasteiger partial charge in [-0.1, -0.05) is 18.5 Å². The number of aromatic carboxylic acids is 1. The van der Waals surface area contributed by atoms with Crippen LogP contribution in [0.1, 0.15) is 23.0 Å². The highest BCUT2D eigenvalue weighted by Gasteiger charge is 2.15. The fraction of sp³-hybridized carbons (Fsp3) is 0.154. The number of carboxylic acids is 1. The first-order valence-electron chi connectivity index (χ1n) is 5.75. The van der Waals surface area contributed by atoms with Gasteiger partial charge in [-0.05, 0) is 40.5 Å². The van der Waals surface area contributed by atoms with Gasteiger partial charge in [0.2, 0.25) is 11.1 Å². The highest BCUT2D eigenvalue weighted by molar-refractivity contribution is 9.10. The maximum Gasteiger partial charge on any atom is 0.360 e. The standard InChI is InChI=1S/C13H10BrClN2O3/c1-2-7-6-17(16-11(12(7)18)13(19)20)8-3-4-9(14)10(15)5-8/h3-6H,2H2,1H3,(H,19,20). The van der Waals surface area contributed by atoms with Gasteiger partial charge in [-0.3, -0.25) is 4.79 Å². The minimum atomic E-state index is -1.35. The Balaban J connectivity index is 2.68. The van der Waals surface area contributed by atoms with E-state index in [0.29, 0.717) is 22.7 Å². The molecule has 0 fully saturated rings. The van der Waals surface area contributed by atoms with Gasteiger partial charge in [-0.25, -0.2) is 9.48 Å². The Hall–Kier alpha value is -1.66. The Bertz CT molecular complexity index is 743. The van der Waals surface area contributed by atoms with Crippen molar-refractivity contribution in [3.8, 4) is 5.69 Å². The highest BCUT2D eigenvalue weighted by atomic mass is 79.9. The number of halogens is 2. The molecular formula is C13H10BrClN2O3. The van der Waals surface area contributed by atoms with Crippen LogP contribution in [-0.4, -0.2) is 20.9 Å². The number of carboxylic acid groups (broad SMARTS) is 1. The number of benzene rings is 1. The maximum atomic E-state index is 11.9. The van der Waals surface area contributed by atoms with Crippen LogP contribution in [0.4, 0.5) is 0 Å². The van der Waals surface area contributed by atoms with E-state index in [2.05, 4.69) is 21.0 Å². The van der Waals surface area contributed by atoms with Gasteiger partial charge < -0.3 is 5.11 Å². The van der Waals surface area contributed by atoms with Crippen LogP contribution in [0.15, 0.2) is 33.7 Å². The van der Waals surface area contributed by atoms with Crippen molar-refractivity contribution in [2.45, 2.75) is 13.3 Å². The van der Waals surface area contributed by atoms with Gasteiger partial charge >= 0.3 is 5.97 Å². The summed E-state index contributed by atoms with van der Waals surface area (Å²) in [5.74, 6) is -1.35. The van der Waals surface area contributed by atoms with E-state index < -0.39 is 17.1 Å². The normalized spacial score (nSPS) is 10.6. The average molecular weight is 358 g/mol. The van der Waals surface area contributed by atoms with Crippen LogP contribution in [0.3, 0.4) is 0 Å². The lowest BCUT2D eigenvalue weighted by molar-refractivity contribution is 0.0686. The average Bonchev–Trinajstić information content (AvgIpc) is 2.42. The van der Waals surface area contributed by atoms with Gasteiger partial charge in [0.25, 0.3) is 0 Å². The van der Waals surface area contributed by atoms with E-state index in [1.54, 1.807) is 25.1 Å². The van der Waals surface area contributed by atoms with Crippen molar-refractivity contribution in [2.75, 3.05) is 0 Å². The van der Waals surface area contributed by atoms with E-state index >= 15 is 0 Å². The lowest BCUT2D eigenvalue weighted by Crippen LogP contribution is -2.24. The molecule has 0 atom stereocenters. The number of hydrogen-bond donors (Lipinski definition) is 1. The molecule has 2 aromatic rings. The van der Waals surface area contributed by atoms with Crippen LogP contribution in [0.2, 0.25) is 5.02 Å². The number of nitrogens with zero attached hydrogens (tertiary/aromatic N) is 2. The van der Waals surface area contributed by atoms with Crippen molar-refractivity contribution in [1.82, 2.24) is 9.78 Å². The van der Waals surface area contributed by atoms with Crippen LogP contribution in [0.25, 0.3) is 5.69 Å². The molecule has 20 heavy (non-hydrogen) atoms. The largest absolute Gasteiger partial charge is 0.476 e. The molecule has 104 valence electrons. The molecule has 1 aromatic carbocycles. The molecule has 1 N–H and O–H groups in total. The molecule has 1 aromatic heterocycles. The number of carbonyl (C=O) groups is 1. The van der Waals surface area contributed by atoms with Crippen LogP contribution in [0.5, 0.6) is 0 Å². The van der Waals surface area contributed by atoms with Gasteiger partial charge in [-0.15, -0.1) is 0 Å². The van der Waals surface area contributed by atoms with E-state index in [9.17, 15) is 9.59 Å². The topological polar surface area (TPSA) is 72.2 Å². The molecule has 7 heteroatoms. The smallest absolute Gasteiger partial charge is 0.360 e. The minimum Gasteiger partial charge on any atom is -0.476 e. The minimum absolute atomic E-state index is 0.386. The summed E-state index contributed by atoms with van der Waals surface area (Å²) >= 11 is 9.28. The molecule has 5 nitrogen and oxygen atoms in total. The lowest BCUT2D eigenvalue weighted by atomic mass is 10.2. The molecule has 1 heterocycles. The molecule has 0 saturated heterocycles. The van der Waals surface area contributed by atoms with Gasteiger partial charge in [0.15, 0.2) is 0 Å². The first kappa shape index (κ1) is 14.7. The van der Waals surface area contributed by atoms with E-state index in [0.717, 1.165) is 4.47 Å². The van der Waals surface area contributed by atoms with Gasteiger partial charge in [-0.2, -0.15) is 5.10 Å². The van der Waals surface area contributed by atoms with Gasteiger partial charge in [0, 0.05) is 16.2 Å². The predicted molar refractivity (Wildman–Crippen MR) is 78.9 cm³/mol. The third kappa shape index (κ3) is 2.76. The number of aromatic nitrogens is 2. The number of rotatable bonds is 3. The third-order valence-corrected chi connectivity index (χ3v) is 3.98. The zero-order chi connectivity index (χ0) is 14.9. The zero-order valence-electron chi connectivity index (χ0n) is 10.4. The summed E-state index contributed by atoms with van der Waals surface area (Å²) < 4.78 is 2.07. The molecule has 0 amide bonds. The van der Waals surface area contributed by atoms with Crippen molar-refractivity contribution in [2.24, 2.45) is 0 Å². The summed E-state index contributed by atoms with van der Waals surface area (Å²) in [4.78, 5) is 22.9. The summed E-state index contributed by atoms with van der Waals surface area (Å²) in [7, 11) is 0. The second-order valence-corrected chi connectivity index (χ2v) is 5.30. The highest BCUT2D eigenvalue weighted by Crippen LogP contribution is 2.24. The second kappa shape index (κ2) is 5.76. The maximum absolute atomic E-state index is 11.9. The molecule has 2 rings (SSSR count). The fourth-order valence-corrected chi connectivity index (χ4v) is 2.11. The summed E-state index contributed by atoms with van der Waals surface area (Å²) in [6, 6.07) is 5.08. The van der Waals surface area contributed by atoms with E-state index in [-0.39, 0.29) is 0 Å². The molecule has 0 spiro atoms. The Morgan fingerprint density at radius 1 is 1.50 bits per heavy atom. The molecule has 0 radical (unpaired) electrons. The molecular weight excluding hydrogens is 348 g/mol. The van der Waals surface area contributed by atoms with Crippen LogP contribution < -0.4 is 5.43 Å². The van der Waals surface area contributed by atoms with Gasteiger partial charge in [0.1, 0.15) is 0 Å². The van der Waals surface area contributed by atoms with E-state index in [1.165, 1.54) is 10.9 Å². The molecule has 0 aliphatic carbocycles. The summed E-state index contributed by atoms with van der Waals surface area (Å²) in [6.07, 6.45) is 1.94. The SMILES string of the molecule is CCc1cn(-c2ccc(Br)c(Cl)c2)nc(C(=O)O)c1=O. The third-order valence-electron chi connectivity index (χ3n) is 2.74. The van der Waals surface area contributed by atoms with Crippen LogP contribution in [-0.2, 0) is 6.42 Å². The Kier molecular flexibility index (Phi) is 4.25. The molecule has 0 bridgehead atoms. The predicted octanol–water partition coefficient (Wildman–Crippen LogP) is 2.91. The van der Waals surface area contributed by atoms with E-state index in [1.807, 2.05) is 0 Å². The second-order valence-electron chi connectivity index (χ2n) is 4.03. The van der Waals surface area contributed by atoms with Crippen molar-refractivity contribution in [3.05, 3.63) is 55.4 Å². The zero-order valence-corrected chi connectivity index (χ0v) is 12.8. The molecule has 0 aliphatic rings. The Morgan fingerprint density at radius 2 is 2.20 bits per heavy atom. The Labute approximate surface area is 127 Å². The fourth-order valence-electron chi connectivity index (χ4n) is 1.69. The quantitative estimate of drug-likeness (QED) is 0.917. The molecule has 0 aliphatic heterocycles. The summed E-state index contributed by atoms with van der Waals surface area (Å²) in [5, 5.41) is 13.4. The summed E-state index contributed by atoms with van der Waals surface area (Å²) in [5.41, 5.74) is -0.0882. The molecule has 0 saturated carbocycles. The van der Waals surface area contributed by atoms with Crippen molar-refractivity contribution in [3.63, 3.8) is 0 Å². The molecule has 0 unspecified atom stereocenters. The van der Waals surface area contributed by atoms with E-state index in [4.69, 9.17) is 16.7 Å². The number of aryl methyl sites for hydroxylation is 1. The Morgan fingerprint density at radius 3 is 2.75 bits per heavy atom. The first-order valence-corrected chi connectivity index (χ1v) is 6.92. The lowest BCUT2D eigenvalue weighted by Gasteiger charge is -2.09. The van der Waals surface area contributed by atoms with Crippen molar-refractivity contribution < 1.29 is 9.90 Å². The van der Waals surface area contributed by atoms with Crippen molar-refractivity contribution >= 4 is 33.5 Å². The first-order chi connectivity index (χ1) is 9.43. The number of hydrogen-bond acceptors (Lipinski definition) is 3. The van der Waals surface area contributed by atoms with Crippen LogP contribution in [0, 0.1) is 0 Å². The van der Waals surface area contributed by atoms with Crippen molar-refractivity contribution in [1.29, 1.82) is 0 Å². The van der Waals surface area contributed by atoms with Gasteiger partial charge in [0.05, 0.1) is 10.7 Å².